The van der Waals surface area contributed by atoms with E-state index >= 15 is 0 Å². The molecule has 0 saturated heterocycles. The van der Waals surface area contributed by atoms with E-state index in [0.29, 0.717) is 17.3 Å². The number of nitrogen functional groups attached to an aromatic ring is 1. The van der Waals surface area contributed by atoms with E-state index in [1.165, 1.54) is 0 Å². The minimum absolute atomic E-state index is 0.100. The second-order valence-electron chi connectivity index (χ2n) is 5.59. The van der Waals surface area contributed by atoms with E-state index < -0.39 is 0 Å². The Hall–Kier alpha value is -1.75. The van der Waals surface area contributed by atoms with Crippen LogP contribution in [-0.4, -0.2) is 44.0 Å². The van der Waals surface area contributed by atoms with Crippen molar-refractivity contribution in [1.29, 1.82) is 0 Å². The largest absolute Gasteiger partial charge is 0.397 e. The lowest BCUT2D eigenvalue weighted by atomic mass is 10.1. The molecule has 5 nitrogen and oxygen atoms in total. The number of anilines is 2. The smallest absolute Gasteiger partial charge is 0.251 e. The van der Waals surface area contributed by atoms with Crippen molar-refractivity contribution in [2.75, 3.05) is 38.2 Å². The van der Waals surface area contributed by atoms with Crippen LogP contribution in [-0.2, 0) is 0 Å². The summed E-state index contributed by atoms with van der Waals surface area (Å²) in [5.41, 5.74) is 8.05. The van der Waals surface area contributed by atoms with Crippen LogP contribution in [0.3, 0.4) is 0 Å². The van der Waals surface area contributed by atoms with Gasteiger partial charge in [-0.15, -0.1) is 0 Å². The van der Waals surface area contributed by atoms with E-state index in [1.807, 2.05) is 0 Å². The molecule has 0 fully saturated rings. The second kappa shape index (κ2) is 8.52. The van der Waals surface area contributed by atoms with Crippen LogP contribution in [0.25, 0.3) is 0 Å². The van der Waals surface area contributed by atoms with Crippen molar-refractivity contribution in [3.05, 3.63) is 23.8 Å². The molecule has 4 N–H and O–H groups in total. The van der Waals surface area contributed by atoms with Gasteiger partial charge in [0.1, 0.15) is 0 Å². The first-order valence-corrected chi connectivity index (χ1v) is 7.51. The third kappa shape index (κ3) is 5.63. The maximum absolute atomic E-state index is 11.6. The highest BCUT2D eigenvalue weighted by molar-refractivity contribution is 5.96. The van der Waals surface area contributed by atoms with Crippen molar-refractivity contribution in [2.45, 2.75) is 32.7 Å². The molecule has 0 saturated carbocycles. The number of benzene rings is 1. The first-order valence-electron chi connectivity index (χ1n) is 7.51. The zero-order valence-electron chi connectivity index (χ0n) is 13.6. The molecule has 21 heavy (non-hydrogen) atoms. The van der Waals surface area contributed by atoms with Gasteiger partial charge in [0.15, 0.2) is 0 Å². The highest BCUT2D eigenvalue weighted by Gasteiger charge is 2.07. The zero-order valence-corrected chi connectivity index (χ0v) is 13.6. The molecule has 0 spiro atoms. The van der Waals surface area contributed by atoms with Gasteiger partial charge in [0.25, 0.3) is 5.91 Å². The van der Waals surface area contributed by atoms with Crippen molar-refractivity contribution in [3.63, 3.8) is 0 Å². The zero-order chi connectivity index (χ0) is 15.8. The van der Waals surface area contributed by atoms with E-state index in [-0.39, 0.29) is 5.91 Å². The summed E-state index contributed by atoms with van der Waals surface area (Å²) in [6, 6.07) is 5.88. The monoisotopic (exact) mass is 292 g/mol. The lowest BCUT2D eigenvalue weighted by Gasteiger charge is -2.20. The third-order valence-corrected chi connectivity index (χ3v) is 3.68. The summed E-state index contributed by atoms with van der Waals surface area (Å²) in [6.07, 6.45) is 2.21. The number of nitrogens with two attached hydrogens (primary N) is 1. The van der Waals surface area contributed by atoms with E-state index in [9.17, 15) is 4.79 Å². The Kier molecular flexibility index (Phi) is 7.02. The van der Waals surface area contributed by atoms with Crippen molar-refractivity contribution in [1.82, 2.24) is 10.2 Å². The van der Waals surface area contributed by atoms with Gasteiger partial charge in [-0.25, -0.2) is 0 Å². The summed E-state index contributed by atoms with van der Waals surface area (Å²) < 4.78 is 0. The van der Waals surface area contributed by atoms with Gasteiger partial charge < -0.3 is 21.3 Å². The van der Waals surface area contributed by atoms with Gasteiger partial charge in [-0.3, -0.25) is 4.79 Å². The Morgan fingerprint density at radius 1 is 1.33 bits per heavy atom. The van der Waals surface area contributed by atoms with Crippen LogP contribution >= 0.6 is 0 Å². The maximum atomic E-state index is 11.6. The van der Waals surface area contributed by atoms with Crippen molar-refractivity contribution in [3.8, 4) is 0 Å². The Labute approximate surface area is 127 Å². The summed E-state index contributed by atoms with van der Waals surface area (Å²) in [5, 5.41) is 5.93. The summed E-state index contributed by atoms with van der Waals surface area (Å²) in [6.45, 7) is 6.34. The lowest BCUT2D eigenvalue weighted by molar-refractivity contribution is 0.0963. The number of nitrogens with zero attached hydrogens (tertiary/aromatic N) is 1. The predicted octanol–water partition coefficient (Wildman–Crippen LogP) is 2.16. The van der Waals surface area contributed by atoms with Crippen LogP contribution in [0.15, 0.2) is 18.2 Å². The molecule has 0 unspecified atom stereocenters. The topological polar surface area (TPSA) is 70.4 Å². The quantitative estimate of drug-likeness (QED) is 0.507. The number of nitrogens with one attached hydrogen (secondary N) is 2. The molecule has 0 aliphatic rings. The average Bonchev–Trinajstić information content (AvgIpc) is 2.47. The molecule has 0 aromatic heterocycles. The van der Waals surface area contributed by atoms with Gasteiger partial charge in [-0.05, 0) is 58.5 Å². The number of carbonyl (C=O) groups is 1. The molecular weight excluding hydrogens is 264 g/mol. The Morgan fingerprint density at radius 2 is 2.05 bits per heavy atom. The number of carbonyl (C=O) groups excluding carboxylic acids is 1. The Bertz CT molecular complexity index is 460. The van der Waals surface area contributed by atoms with E-state index in [0.717, 1.165) is 31.6 Å². The van der Waals surface area contributed by atoms with Gasteiger partial charge in [-0.2, -0.15) is 0 Å². The third-order valence-electron chi connectivity index (χ3n) is 3.68. The fraction of sp³-hybridized carbons (Fsp3) is 0.562. The molecule has 1 aromatic rings. The number of hydrogen-bond acceptors (Lipinski definition) is 4. The standard InChI is InChI=1S/C16H28N4O/c1-12(2)20(4)10-6-5-9-19-15-11-13(16(21)18-3)7-8-14(15)17/h7-8,11-12,19H,5-6,9-10,17H2,1-4H3,(H,18,21). The van der Waals surface area contributed by atoms with Gasteiger partial charge in [-0.1, -0.05) is 0 Å². The molecule has 0 aliphatic carbocycles. The summed E-state index contributed by atoms with van der Waals surface area (Å²) >= 11 is 0. The van der Waals surface area contributed by atoms with Crippen LogP contribution < -0.4 is 16.4 Å². The molecule has 5 heteroatoms. The van der Waals surface area contributed by atoms with Crippen molar-refractivity contribution >= 4 is 17.3 Å². The molecule has 1 aromatic carbocycles. The first kappa shape index (κ1) is 17.3. The molecule has 0 heterocycles. The second-order valence-corrected chi connectivity index (χ2v) is 5.59. The van der Waals surface area contributed by atoms with Crippen LogP contribution in [0.2, 0.25) is 0 Å². The summed E-state index contributed by atoms with van der Waals surface area (Å²) in [7, 11) is 3.76. The maximum Gasteiger partial charge on any atom is 0.251 e. The van der Waals surface area contributed by atoms with E-state index in [2.05, 4.69) is 36.4 Å². The SMILES string of the molecule is CNC(=O)c1ccc(N)c(NCCCCN(C)C(C)C)c1. The number of unbranched alkanes of at least 4 members (excludes halogenated alkanes) is 1. The normalized spacial score (nSPS) is 11.0. The summed E-state index contributed by atoms with van der Waals surface area (Å²) in [4.78, 5) is 13.9. The summed E-state index contributed by atoms with van der Waals surface area (Å²) in [5.74, 6) is -0.100. The van der Waals surface area contributed by atoms with Crippen LogP contribution in [0, 0.1) is 0 Å². The first-order chi connectivity index (χ1) is 9.95. The van der Waals surface area contributed by atoms with Crippen molar-refractivity contribution < 1.29 is 4.79 Å². The highest BCUT2D eigenvalue weighted by Crippen LogP contribution is 2.20. The van der Waals surface area contributed by atoms with Crippen LogP contribution in [0.4, 0.5) is 11.4 Å². The predicted molar refractivity (Wildman–Crippen MR) is 89.7 cm³/mol. The molecule has 0 radical (unpaired) electrons. The Balaban J connectivity index is 2.43. The van der Waals surface area contributed by atoms with Gasteiger partial charge >= 0.3 is 0 Å². The minimum Gasteiger partial charge on any atom is -0.397 e. The molecule has 1 rings (SSSR count). The number of hydrogen-bond donors (Lipinski definition) is 3. The highest BCUT2D eigenvalue weighted by atomic mass is 16.1. The number of rotatable bonds is 8. The molecular formula is C16H28N4O. The Morgan fingerprint density at radius 3 is 2.67 bits per heavy atom. The minimum atomic E-state index is -0.100. The molecule has 0 aliphatic heterocycles. The van der Waals surface area contributed by atoms with Crippen LogP contribution in [0.1, 0.15) is 37.0 Å². The van der Waals surface area contributed by atoms with E-state index in [1.54, 1.807) is 25.2 Å². The molecule has 118 valence electrons. The van der Waals surface area contributed by atoms with Crippen LogP contribution in [0.5, 0.6) is 0 Å². The lowest BCUT2D eigenvalue weighted by Crippen LogP contribution is -2.27. The van der Waals surface area contributed by atoms with Crippen molar-refractivity contribution in [2.24, 2.45) is 0 Å². The van der Waals surface area contributed by atoms with E-state index in [4.69, 9.17) is 5.73 Å². The molecule has 0 bridgehead atoms. The van der Waals surface area contributed by atoms with Gasteiger partial charge in [0, 0.05) is 25.2 Å². The van der Waals surface area contributed by atoms with Gasteiger partial charge in [0.05, 0.1) is 11.4 Å². The molecule has 1 amide bonds. The van der Waals surface area contributed by atoms with Gasteiger partial charge in [0.2, 0.25) is 0 Å². The fourth-order valence-corrected chi connectivity index (χ4v) is 1.96. The number of amides is 1. The fourth-order valence-electron chi connectivity index (χ4n) is 1.96. The molecule has 0 atom stereocenters. The average molecular weight is 292 g/mol.